The monoisotopic (exact) mass is 399 g/mol. The van der Waals surface area contributed by atoms with E-state index < -0.39 is 27.9 Å². The Morgan fingerprint density at radius 3 is 2.79 bits per heavy atom. The summed E-state index contributed by atoms with van der Waals surface area (Å²) in [4.78, 5) is 12.9. The molecule has 0 unspecified atom stereocenters. The molecule has 0 radical (unpaired) electrons. The number of anilines is 1. The van der Waals surface area contributed by atoms with Gasteiger partial charge in [0.05, 0.1) is 18.0 Å². The standard InChI is InChI=1S/C11H11FINO4S/c1-19(16,17)6-8-5-14(11(15)18-8)7-2-3-10(13)9(12)4-7/h2-4,8H,5-6H2,1H3/t8-/m1/s1. The summed E-state index contributed by atoms with van der Waals surface area (Å²) in [7, 11) is -3.23. The van der Waals surface area contributed by atoms with Gasteiger partial charge in [-0.25, -0.2) is 17.6 Å². The summed E-state index contributed by atoms with van der Waals surface area (Å²) in [5.41, 5.74) is 0.360. The Bertz CT molecular complexity index is 619. The van der Waals surface area contributed by atoms with Gasteiger partial charge in [0, 0.05) is 9.83 Å². The highest BCUT2D eigenvalue weighted by Crippen LogP contribution is 2.24. The van der Waals surface area contributed by atoms with Crippen molar-refractivity contribution < 1.29 is 22.3 Å². The molecule has 1 aliphatic rings. The number of carbonyl (C=O) groups excluding carboxylic acids is 1. The fraction of sp³-hybridized carbons (Fsp3) is 0.364. The average molecular weight is 399 g/mol. The molecule has 1 aromatic rings. The van der Waals surface area contributed by atoms with Crippen LogP contribution in [0.25, 0.3) is 0 Å². The van der Waals surface area contributed by atoms with Crippen molar-refractivity contribution in [3.05, 3.63) is 27.6 Å². The molecule has 1 saturated heterocycles. The highest BCUT2D eigenvalue weighted by molar-refractivity contribution is 14.1. The molecule has 1 fully saturated rings. The minimum absolute atomic E-state index is 0.103. The summed E-state index contributed by atoms with van der Waals surface area (Å²) in [6.45, 7) is 0.103. The summed E-state index contributed by atoms with van der Waals surface area (Å²) in [6, 6.07) is 4.36. The van der Waals surface area contributed by atoms with Crippen LogP contribution < -0.4 is 4.90 Å². The summed E-state index contributed by atoms with van der Waals surface area (Å²) in [5, 5.41) is 0. The van der Waals surface area contributed by atoms with Crippen LogP contribution in [0.1, 0.15) is 0 Å². The van der Waals surface area contributed by atoms with Crippen molar-refractivity contribution in [1.82, 2.24) is 0 Å². The van der Waals surface area contributed by atoms with E-state index in [1.807, 2.05) is 22.6 Å². The van der Waals surface area contributed by atoms with E-state index in [9.17, 15) is 17.6 Å². The van der Waals surface area contributed by atoms with Gasteiger partial charge in [0.15, 0.2) is 9.84 Å². The second kappa shape index (κ2) is 5.23. The van der Waals surface area contributed by atoms with E-state index in [1.165, 1.54) is 11.0 Å². The van der Waals surface area contributed by atoms with E-state index in [0.29, 0.717) is 9.26 Å². The number of halogens is 2. The van der Waals surface area contributed by atoms with Gasteiger partial charge in [0.1, 0.15) is 11.9 Å². The minimum Gasteiger partial charge on any atom is -0.443 e. The van der Waals surface area contributed by atoms with Crippen LogP contribution in [0.4, 0.5) is 14.9 Å². The lowest BCUT2D eigenvalue weighted by Gasteiger charge is -2.13. The van der Waals surface area contributed by atoms with Crippen LogP contribution in [0.15, 0.2) is 18.2 Å². The van der Waals surface area contributed by atoms with Gasteiger partial charge in [-0.2, -0.15) is 0 Å². The number of ether oxygens (including phenoxy) is 1. The van der Waals surface area contributed by atoms with Gasteiger partial charge in [-0.15, -0.1) is 0 Å². The van der Waals surface area contributed by atoms with Crippen LogP contribution >= 0.6 is 22.6 Å². The van der Waals surface area contributed by atoms with Crippen LogP contribution in [0.2, 0.25) is 0 Å². The molecule has 1 aliphatic heterocycles. The second-order valence-corrected chi connectivity index (χ2v) is 7.65. The Kier molecular flexibility index (Phi) is 4.00. The van der Waals surface area contributed by atoms with Gasteiger partial charge in [-0.1, -0.05) is 0 Å². The quantitative estimate of drug-likeness (QED) is 0.728. The molecular formula is C11H11FINO4S. The van der Waals surface area contributed by atoms with Crippen LogP contribution in [0.5, 0.6) is 0 Å². The molecule has 0 aliphatic carbocycles. The summed E-state index contributed by atoms with van der Waals surface area (Å²) >= 11 is 1.84. The maximum atomic E-state index is 13.4. The lowest BCUT2D eigenvalue weighted by atomic mass is 10.3. The van der Waals surface area contributed by atoms with Gasteiger partial charge in [0.2, 0.25) is 0 Å². The third-order valence-electron chi connectivity index (χ3n) is 2.58. The zero-order valence-electron chi connectivity index (χ0n) is 9.97. The van der Waals surface area contributed by atoms with Crippen LogP contribution in [-0.2, 0) is 14.6 Å². The first kappa shape index (κ1) is 14.5. The SMILES string of the molecule is CS(=O)(=O)C[C@H]1CN(c2ccc(I)c(F)c2)C(=O)O1. The molecule has 1 aromatic carbocycles. The van der Waals surface area contributed by atoms with Gasteiger partial charge in [0.25, 0.3) is 0 Å². The van der Waals surface area contributed by atoms with Crippen molar-refractivity contribution in [2.24, 2.45) is 0 Å². The molecule has 19 heavy (non-hydrogen) atoms. The number of cyclic esters (lactones) is 1. The van der Waals surface area contributed by atoms with Crippen molar-refractivity contribution in [3.63, 3.8) is 0 Å². The number of amides is 1. The summed E-state index contributed by atoms with van der Waals surface area (Å²) in [5.74, 6) is -0.667. The second-order valence-electron chi connectivity index (χ2n) is 4.31. The number of benzene rings is 1. The van der Waals surface area contributed by atoms with Gasteiger partial charge in [-0.05, 0) is 40.8 Å². The molecule has 5 nitrogen and oxygen atoms in total. The Hall–Kier alpha value is -0.900. The van der Waals surface area contributed by atoms with Crippen LogP contribution in [0, 0.1) is 9.39 Å². The van der Waals surface area contributed by atoms with Crippen molar-refractivity contribution in [3.8, 4) is 0 Å². The van der Waals surface area contributed by atoms with E-state index in [4.69, 9.17) is 4.74 Å². The molecular weight excluding hydrogens is 388 g/mol. The lowest BCUT2D eigenvalue weighted by Crippen LogP contribution is -2.27. The van der Waals surface area contributed by atoms with E-state index in [2.05, 4.69) is 0 Å². The topological polar surface area (TPSA) is 63.7 Å². The van der Waals surface area contributed by atoms with Gasteiger partial charge >= 0.3 is 6.09 Å². The number of carbonyl (C=O) groups is 1. The first-order chi connectivity index (χ1) is 8.76. The average Bonchev–Trinajstić information content (AvgIpc) is 2.61. The van der Waals surface area contributed by atoms with Crippen molar-refractivity contribution in [2.75, 3.05) is 23.5 Å². The fourth-order valence-corrected chi connectivity index (χ4v) is 2.99. The highest BCUT2D eigenvalue weighted by atomic mass is 127. The number of nitrogens with zero attached hydrogens (tertiary/aromatic N) is 1. The zero-order chi connectivity index (χ0) is 14.2. The van der Waals surface area contributed by atoms with Crippen molar-refractivity contribution >= 4 is 44.2 Å². The number of hydrogen-bond donors (Lipinski definition) is 0. The van der Waals surface area contributed by atoms with Crippen molar-refractivity contribution in [1.29, 1.82) is 0 Å². The summed E-state index contributed by atoms with van der Waals surface area (Å²) in [6.07, 6.45) is -0.298. The largest absolute Gasteiger partial charge is 0.443 e. The van der Waals surface area contributed by atoms with E-state index in [-0.39, 0.29) is 12.3 Å². The molecule has 104 valence electrons. The Labute approximate surface area is 123 Å². The third kappa shape index (κ3) is 3.56. The normalized spacial score (nSPS) is 19.6. The molecule has 0 aromatic heterocycles. The Morgan fingerprint density at radius 1 is 1.53 bits per heavy atom. The molecule has 0 saturated carbocycles. The Balaban J connectivity index is 2.18. The first-order valence-electron chi connectivity index (χ1n) is 5.37. The third-order valence-corrected chi connectivity index (χ3v) is 4.43. The predicted octanol–water partition coefficient (Wildman–Crippen LogP) is 1.80. The summed E-state index contributed by atoms with van der Waals surface area (Å²) < 4.78 is 41.2. The highest BCUT2D eigenvalue weighted by Gasteiger charge is 2.34. The molecule has 0 N–H and O–H groups in total. The maximum absolute atomic E-state index is 13.4. The van der Waals surface area contributed by atoms with Crippen molar-refractivity contribution in [2.45, 2.75) is 6.10 Å². The van der Waals surface area contributed by atoms with Gasteiger partial charge in [-0.3, -0.25) is 4.90 Å². The molecule has 1 amide bonds. The molecule has 1 heterocycles. The van der Waals surface area contributed by atoms with E-state index in [0.717, 1.165) is 6.26 Å². The number of rotatable bonds is 3. The van der Waals surface area contributed by atoms with Crippen LogP contribution in [-0.4, -0.2) is 39.2 Å². The minimum atomic E-state index is -3.23. The molecule has 0 spiro atoms. The van der Waals surface area contributed by atoms with E-state index in [1.54, 1.807) is 12.1 Å². The lowest BCUT2D eigenvalue weighted by molar-refractivity contribution is 0.151. The smallest absolute Gasteiger partial charge is 0.414 e. The number of sulfone groups is 1. The predicted molar refractivity (Wildman–Crippen MR) is 76.4 cm³/mol. The molecule has 2 rings (SSSR count). The number of hydrogen-bond acceptors (Lipinski definition) is 4. The molecule has 8 heteroatoms. The first-order valence-corrected chi connectivity index (χ1v) is 8.51. The van der Waals surface area contributed by atoms with Gasteiger partial charge < -0.3 is 4.74 Å². The molecule has 0 bridgehead atoms. The maximum Gasteiger partial charge on any atom is 0.414 e. The Morgan fingerprint density at radius 2 is 2.21 bits per heavy atom. The van der Waals surface area contributed by atoms with Crippen LogP contribution in [0.3, 0.4) is 0 Å². The molecule has 1 atom stereocenters. The van der Waals surface area contributed by atoms with E-state index >= 15 is 0 Å². The zero-order valence-corrected chi connectivity index (χ0v) is 12.9. The fourth-order valence-electron chi connectivity index (χ4n) is 1.81.